The van der Waals surface area contributed by atoms with Gasteiger partial charge in [-0.05, 0) is 6.92 Å². The van der Waals surface area contributed by atoms with Gasteiger partial charge >= 0.3 is 0 Å². The number of nitrogens with two attached hydrogens (primary N) is 1. The Kier molecular flexibility index (Phi) is 3.15. The molecule has 2 aromatic heterocycles. The fourth-order valence-electron chi connectivity index (χ4n) is 1.32. The number of hydrogen-bond donors (Lipinski definition) is 3. The van der Waals surface area contributed by atoms with Gasteiger partial charge in [0.05, 0.1) is 11.9 Å². The topological polar surface area (TPSA) is 115 Å². The molecule has 0 aliphatic rings. The first-order valence-electron chi connectivity index (χ1n) is 5.08. The predicted octanol–water partition coefficient (Wildman–Crippen LogP) is -0.593. The second kappa shape index (κ2) is 4.74. The average molecular weight is 235 g/mol. The largest absolute Gasteiger partial charge is 0.325 e. The predicted molar refractivity (Wildman–Crippen MR) is 59.9 cm³/mol. The fraction of sp³-hybridized carbons (Fsp3) is 0.333. The van der Waals surface area contributed by atoms with Crippen molar-refractivity contribution >= 4 is 11.7 Å². The summed E-state index contributed by atoms with van der Waals surface area (Å²) in [6.45, 7) is 2.24. The highest BCUT2D eigenvalue weighted by Gasteiger charge is 2.07. The maximum absolute atomic E-state index is 11.6. The van der Waals surface area contributed by atoms with E-state index in [1.807, 2.05) is 6.92 Å². The molecule has 0 unspecified atom stereocenters. The lowest BCUT2D eigenvalue weighted by Gasteiger charge is -2.00. The number of H-pyrrole nitrogens is 1. The maximum Gasteiger partial charge on any atom is 0.247 e. The van der Waals surface area contributed by atoms with Crippen LogP contribution in [0.1, 0.15) is 11.4 Å². The normalized spacial score (nSPS) is 10.5. The molecule has 2 aromatic rings. The zero-order valence-electron chi connectivity index (χ0n) is 9.34. The van der Waals surface area contributed by atoms with Gasteiger partial charge in [-0.1, -0.05) is 5.21 Å². The van der Waals surface area contributed by atoms with Gasteiger partial charge in [-0.25, -0.2) is 4.68 Å². The average Bonchev–Trinajstić information content (AvgIpc) is 2.88. The first-order chi connectivity index (χ1) is 8.17. The number of nitrogens with one attached hydrogen (secondary N) is 2. The van der Waals surface area contributed by atoms with Gasteiger partial charge in [0.1, 0.15) is 6.54 Å². The van der Waals surface area contributed by atoms with Crippen molar-refractivity contribution in [2.24, 2.45) is 5.73 Å². The van der Waals surface area contributed by atoms with E-state index in [4.69, 9.17) is 5.73 Å². The third-order valence-corrected chi connectivity index (χ3v) is 2.07. The van der Waals surface area contributed by atoms with Crippen molar-refractivity contribution in [3.8, 4) is 0 Å². The van der Waals surface area contributed by atoms with Crippen molar-refractivity contribution in [2.45, 2.75) is 20.0 Å². The number of hydrogen-bond acceptors (Lipinski definition) is 5. The van der Waals surface area contributed by atoms with Crippen molar-refractivity contribution in [1.82, 2.24) is 25.2 Å². The summed E-state index contributed by atoms with van der Waals surface area (Å²) >= 11 is 0. The van der Waals surface area contributed by atoms with Crippen LogP contribution in [0.4, 0.5) is 5.82 Å². The zero-order valence-corrected chi connectivity index (χ0v) is 9.34. The summed E-state index contributed by atoms with van der Waals surface area (Å²) in [5.74, 6) is 0.275. The zero-order chi connectivity index (χ0) is 12.3. The first kappa shape index (κ1) is 11.3. The van der Waals surface area contributed by atoms with E-state index >= 15 is 0 Å². The molecule has 90 valence electrons. The van der Waals surface area contributed by atoms with Gasteiger partial charge in [0.2, 0.25) is 5.91 Å². The molecule has 17 heavy (non-hydrogen) atoms. The van der Waals surface area contributed by atoms with Crippen LogP contribution in [0.25, 0.3) is 0 Å². The third kappa shape index (κ3) is 2.88. The van der Waals surface area contributed by atoms with Crippen LogP contribution >= 0.6 is 0 Å². The monoisotopic (exact) mass is 235 g/mol. The number of nitrogens with zero attached hydrogens (tertiary/aromatic N) is 4. The second-order valence-corrected chi connectivity index (χ2v) is 3.60. The van der Waals surface area contributed by atoms with Crippen LogP contribution in [0.3, 0.4) is 0 Å². The molecular formula is C9H13N7O. The molecule has 8 nitrogen and oxygen atoms in total. The van der Waals surface area contributed by atoms with Crippen LogP contribution in [-0.4, -0.2) is 31.1 Å². The summed E-state index contributed by atoms with van der Waals surface area (Å²) in [6, 6.07) is 1.74. The SMILES string of the molecule is Cc1cc(NC(=O)Cn2cc(CN)nn2)n[nH]1. The van der Waals surface area contributed by atoms with Gasteiger partial charge in [0.25, 0.3) is 0 Å². The van der Waals surface area contributed by atoms with E-state index in [-0.39, 0.29) is 12.5 Å². The van der Waals surface area contributed by atoms with Crippen molar-refractivity contribution in [2.75, 3.05) is 5.32 Å². The molecule has 0 atom stereocenters. The molecule has 0 spiro atoms. The molecule has 0 aliphatic heterocycles. The van der Waals surface area contributed by atoms with E-state index in [2.05, 4.69) is 25.8 Å². The second-order valence-electron chi connectivity index (χ2n) is 3.60. The number of aryl methyl sites for hydroxylation is 1. The van der Waals surface area contributed by atoms with Crippen molar-refractivity contribution in [1.29, 1.82) is 0 Å². The molecule has 0 saturated carbocycles. The molecule has 0 saturated heterocycles. The summed E-state index contributed by atoms with van der Waals surface area (Å²) in [5, 5.41) is 16.8. The third-order valence-electron chi connectivity index (χ3n) is 2.07. The van der Waals surface area contributed by atoms with Crippen molar-refractivity contribution < 1.29 is 4.79 Å². The number of carbonyl (C=O) groups is 1. The summed E-state index contributed by atoms with van der Waals surface area (Å²) in [4.78, 5) is 11.6. The number of carbonyl (C=O) groups excluding carboxylic acids is 1. The Hall–Kier alpha value is -2.22. The molecule has 1 amide bonds. The number of aromatic amines is 1. The Morgan fingerprint density at radius 2 is 2.47 bits per heavy atom. The lowest BCUT2D eigenvalue weighted by molar-refractivity contribution is -0.116. The lowest BCUT2D eigenvalue weighted by Crippen LogP contribution is -2.19. The Morgan fingerprint density at radius 3 is 3.06 bits per heavy atom. The number of amides is 1. The van der Waals surface area contributed by atoms with E-state index in [1.165, 1.54) is 4.68 Å². The minimum atomic E-state index is -0.218. The smallest absolute Gasteiger partial charge is 0.247 e. The minimum Gasteiger partial charge on any atom is -0.325 e. The number of anilines is 1. The van der Waals surface area contributed by atoms with Crippen LogP contribution in [0, 0.1) is 6.92 Å². The molecule has 4 N–H and O–H groups in total. The first-order valence-corrected chi connectivity index (χ1v) is 5.08. The molecule has 2 heterocycles. The van der Waals surface area contributed by atoms with E-state index in [9.17, 15) is 4.79 Å². The molecule has 0 aliphatic carbocycles. The molecule has 2 rings (SSSR count). The highest BCUT2D eigenvalue weighted by atomic mass is 16.2. The summed E-state index contributed by atoms with van der Waals surface area (Å²) in [6.07, 6.45) is 1.63. The Labute approximate surface area is 97.2 Å². The number of aromatic nitrogens is 5. The van der Waals surface area contributed by atoms with Gasteiger partial charge in [-0.3, -0.25) is 9.89 Å². The summed E-state index contributed by atoms with van der Waals surface area (Å²) in [7, 11) is 0. The fourth-order valence-corrected chi connectivity index (χ4v) is 1.32. The Bertz CT molecular complexity index is 515. The molecular weight excluding hydrogens is 222 g/mol. The maximum atomic E-state index is 11.6. The Balaban J connectivity index is 1.93. The standard InChI is InChI=1S/C9H13N7O/c1-6-2-8(14-12-6)11-9(17)5-16-4-7(3-10)13-15-16/h2,4H,3,5,10H2,1H3,(H2,11,12,14,17). The van der Waals surface area contributed by atoms with Crippen LogP contribution in [0.2, 0.25) is 0 Å². The van der Waals surface area contributed by atoms with Crippen LogP contribution in [0.15, 0.2) is 12.3 Å². The minimum absolute atomic E-state index is 0.0822. The number of rotatable bonds is 4. The van der Waals surface area contributed by atoms with Gasteiger partial charge in [0.15, 0.2) is 5.82 Å². The van der Waals surface area contributed by atoms with Crippen LogP contribution in [-0.2, 0) is 17.9 Å². The van der Waals surface area contributed by atoms with Crippen LogP contribution < -0.4 is 11.1 Å². The Morgan fingerprint density at radius 1 is 1.65 bits per heavy atom. The van der Waals surface area contributed by atoms with Crippen molar-refractivity contribution in [3.05, 3.63) is 23.7 Å². The quantitative estimate of drug-likeness (QED) is 0.655. The van der Waals surface area contributed by atoms with Gasteiger partial charge in [-0.15, -0.1) is 5.10 Å². The van der Waals surface area contributed by atoms with E-state index in [1.54, 1.807) is 12.3 Å². The summed E-state index contributed by atoms with van der Waals surface area (Å²) < 4.78 is 1.43. The van der Waals surface area contributed by atoms with E-state index in [0.29, 0.717) is 18.1 Å². The summed E-state index contributed by atoms with van der Waals surface area (Å²) in [5.41, 5.74) is 6.92. The van der Waals surface area contributed by atoms with Crippen molar-refractivity contribution in [3.63, 3.8) is 0 Å². The van der Waals surface area contributed by atoms with Gasteiger partial charge < -0.3 is 11.1 Å². The van der Waals surface area contributed by atoms with Gasteiger partial charge in [0, 0.05) is 18.3 Å². The lowest BCUT2D eigenvalue weighted by atomic mass is 10.4. The molecule has 8 heteroatoms. The van der Waals surface area contributed by atoms with E-state index < -0.39 is 0 Å². The highest BCUT2D eigenvalue weighted by Crippen LogP contribution is 2.03. The molecule has 0 aromatic carbocycles. The van der Waals surface area contributed by atoms with Gasteiger partial charge in [-0.2, -0.15) is 5.10 Å². The molecule has 0 fully saturated rings. The molecule has 0 radical (unpaired) electrons. The van der Waals surface area contributed by atoms with Crippen LogP contribution in [0.5, 0.6) is 0 Å². The van der Waals surface area contributed by atoms with E-state index in [0.717, 1.165) is 5.69 Å². The highest BCUT2D eigenvalue weighted by molar-refractivity contribution is 5.89. The molecule has 0 bridgehead atoms.